The normalized spacial score (nSPS) is 20.1. The summed E-state index contributed by atoms with van der Waals surface area (Å²) >= 11 is 6.29. The van der Waals surface area contributed by atoms with Gasteiger partial charge in [0.2, 0.25) is 0 Å². The van der Waals surface area contributed by atoms with Crippen molar-refractivity contribution in [2.45, 2.75) is 50.7 Å². The first-order valence-electron chi connectivity index (χ1n) is 11.8. The van der Waals surface area contributed by atoms with Crippen LogP contribution in [0.2, 0.25) is 5.02 Å². The molecule has 1 saturated carbocycles. The van der Waals surface area contributed by atoms with Gasteiger partial charge in [-0.3, -0.25) is 13.9 Å². The average Bonchev–Trinajstić information content (AvgIpc) is 3.63. The lowest BCUT2D eigenvalue weighted by molar-refractivity contribution is 0.00454. The summed E-state index contributed by atoms with van der Waals surface area (Å²) in [6, 6.07) is 9.80. The maximum absolute atomic E-state index is 13.1. The summed E-state index contributed by atoms with van der Waals surface area (Å²) in [5.41, 5.74) is 4.38. The van der Waals surface area contributed by atoms with Crippen LogP contribution in [0.4, 0.5) is 0 Å². The zero-order chi connectivity index (χ0) is 24.1. The van der Waals surface area contributed by atoms with Crippen LogP contribution in [0.1, 0.15) is 66.3 Å². The Morgan fingerprint density at radius 1 is 1.14 bits per heavy atom. The molecule has 176 valence electrons. The van der Waals surface area contributed by atoms with Crippen molar-refractivity contribution in [3.63, 3.8) is 0 Å². The number of rotatable bonds is 4. The van der Waals surface area contributed by atoms with Crippen LogP contribution in [0.15, 0.2) is 47.7 Å². The highest BCUT2D eigenvalue weighted by atomic mass is 35.5. The molecule has 4 aromatic rings. The highest BCUT2D eigenvalue weighted by Gasteiger charge is 2.30. The average molecular weight is 487 g/mol. The number of nitrogens with zero attached hydrogens (tertiary/aromatic N) is 6. The van der Waals surface area contributed by atoms with Crippen LogP contribution in [0, 0.1) is 18.3 Å². The van der Waals surface area contributed by atoms with Gasteiger partial charge in [0.15, 0.2) is 5.65 Å². The number of hydrogen-bond donors (Lipinski definition) is 0. The van der Waals surface area contributed by atoms with Crippen LogP contribution >= 0.6 is 11.6 Å². The molecule has 0 radical (unpaired) electrons. The van der Waals surface area contributed by atoms with Crippen molar-refractivity contribution < 1.29 is 4.74 Å². The molecule has 0 spiro atoms. The number of ether oxygens (including phenoxy) is 1. The molecule has 3 aromatic heterocycles. The smallest absolute Gasteiger partial charge is 0.277 e. The van der Waals surface area contributed by atoms with Gasteiger partial charge in [-0.25, -0.2) is 9.97 Å². The second-order valence-corrected chi connectivity index (χ2v) is 9.66. The molecule has 2 aliphatic rings. The number of halogens is 1. The Hall–Kier alpha value is -3.54. The van der Waals surface area contributed by atoms with Gasteiger partial charge >= 0.3 is 0 Å². The summed E-state index contributed by atoms with van der Waals surface area (Å²) in [5.74, 6) is 0.0894. The monoisotopic (exact) mass is 486 g/mol. The molecule has 1 aromatic carbocycles. The zero-order valence-electron chi connectivity index (χ0n) is 19.2. The quantitative estimate of drug-likeness (QED) is 0.412. The van der Waals surface area contributed by atoms with Crippen molar-refractivity contribution in [1.29, 1.82) is 5.26 Å². The van der Waals surface area contributed by atoms with E-state index in [1.54, 1.807) is 25.3 Å². The van der Waals surface area contributed by atoms with E-state index < -0.39 is 0 Å². The molecule has 4 heterocycles. The van der Waals surface area contributed by atoms with Crippen molar-refractivity contribution in [1.82, 2.24) is 24.1 Å². The predicted molar refractivity (Wildman–Crippen MR) is 130 cm³/mol. The first-order chi connectivity index (χ1) is 17.0. The van der Waals surface area contributed by atoms with E-state index in [9.17, 15) is 10.1 Å². The number of aryl methyl sites for hydroxylation is 1. The van der Waals surface area contributed by atoms with Gasteiger partial charge in [0.05, 0.1) is 41.4 Å². The Balaban J connectivity index is 1.43. The van der Waals surface area contributed by atoms with Crippen molar-refractivity contribution in [2.24, 2.45) is 0 Å². The number of aromatic nitrogens is 5. The maximum atomic E-state index is 13.1. The maximum Gasteiger partial charge on any atom is 0.277 e. The molecule has 6 rings (SSSR count). The van der Waals surface area contributed by atoms with E-state index >= 15 is 0 Å². The minimum atomic E-state index is -0.318. The van der Waals surface area contributed by atoms with Gasteiger partial charge in [-0.05, 0) is 44.7 Å². The van der Waals surface area contributed by atoms with E-state index in [-0.39, 0.29) is 22.6 Å². The van der Waals surface area contributed by atoms with Gasteiger partial charge in [-0.2, -0.15) is 10.4 Å². The molecule has 8 nitrogen and oxygen atoms in total. The molecular weight excluding hydrogens is 464 g/mol. The van der Waals surface area contributed by atoms with E-state index in [0.717, 1.165) is 29.7 Å². The molecule has 9 heteroatoms. The minimum absolute atomic E-state index is 0.0754. The van der Waals surface area contributed by atoms with Crippen molar-refractivity contribution >= 4 is 17.2 Å². The molecule has 2 fully saturated rings. The SMILES string of the molecule is Cc1nc2c(-c3ccc(C#N)cc3)nc([C@@H]3CCO[C@H](c4cnn(C5CC5)c4)C3)cn2c(=O)c1Cl. The lowest BCUT2D eigenvalue weighted by Crippen LogP contribution is -2.23. The highest BCUT2D eigenvalue weighted by molar-refractivity contribution is 6.31. The fraction of sp³-hybridized carbons (Fsp3) is 0.346. The lowest BCUT2D eigenvalue weighted by atomic mass is 9.90. The molecule has 1 aliphatic heterocycles. The van der Waals surface area contributed by atoms with Gasteiger partial charge in [0.25, 0.3) is 5.56 Å². The molecule has 2 atom stereocenters. The van der Waals surface area contributed by atoms with E-state index in [2.05, 4.69) is 22.3 Å². The molecule has 0 amide bonds. The third-order valence-corrected chi connectivity index (χ3v) is 7.28. The fourth-order valence-corrected chi connectivity index (χ4v) is 4.83. The van der Waals surface area contributed by atoms with E-state index in [1.807, 2.05) is 23.0 Å². The Bertz CT molecular complexity index is 1530. The van der Waals surface area contributed by atoms with Crippen LogP contribution in [0.5, 0.6) is 0 Å². The van der Waals surface area contributed by atoms with E-state index in [0.29, 0.717) is 35.2 Å². The summed E-state index contributed by atoms with van der Waals surface area (Å²) in [7, 11) is 0. The van der Waals surface area contributed by atoms with Crippen molar-refractivity contribution in [2.75, 3.05) is 6.61 Å². The van der Waals surface area contributed by atoms with Crippen LogP contribution in [-0.4, -0.2) is 30.8 Å². The summed E-state index contributed by atoms with van der Waals surface area (Å²) in [4.78, 5) is 22.7. The Morgan fingerprint density at radius 2 is 1.94 bits per heavy atom. The van der Waals surface area contributed by atoms with Crippen LogP contribution in [0.3, 0.4) is 0 Å². The van der Waals surface area contributed by atoms with Gasteiger partial charge in [0.1, 0.15) is 10.7 Å². The molecule has 0 unspecified atom stereocenters. The van der Waals surface area contributed by atoms with Gasteiger partial charge < -0.3 is 4.74 Å². The standard InChI is InChI=1S/C26H23ClN6O2/c1-15-23(27)26(34)32-14-21(31-24(25(32)30-15)17-4-2-16(11-28)3-5-17)18-8-9-35-22(10-18)19-12-29-33(13-19)20-6-7-20/h2-5,12-14,18,20,22H,6-10H2,1H3/t18-,22+/m1/s1. The second-order valence-electron chi connectivity index (χ2n) is 9.28. The lowest BCUT2D eigenvalue weighted by Gasteiger charge is -2.29. The Labute approximate surface area is 206 Å². The number of benzene rings is 1. The molecule has 35 heavy (non-hydrogen) atoms. The molecule has 0 N–H and O–H groups in total. The summed E-state index contributed by atoms with van der Waals surface area (Å²) in [5, 5.41) is 13.8. The molecule has 1 saturated heterocycles. The third-order valence-electron chi connectivity index (χ3n) is 6.84. The Kier molecular flexibility index (Phi) is 5.39. The summed E-state index contributed by atoms with van der Waals surface area (Å²) in [6.45, 7) is 2.31. The van der Waals surface area contributed by atoms with Gasteiger partial charge in [-0.1, -0.05) is 23.7 Å². The summed E-state index contributed by atoms with van der Waals surface area (Å²) < 4.78 is 9.64. The van der Waals surface area contributed by atoms with Gasteiger partial charge in [-0.15, -0.1) is 0 Å². The van der Waals surface area contributed by atoms with Crippen LogP contribution < -0.4 is 5.56 Å². The van der Waals surface area contributed by atoms with Crippen LogP contribution in [-0.2, 0) is 4.74 Å². The number of nitriles is 1. The highest BCUT2D eigenvalue weighted by Crippen LogP contribution is 2.39. The van der Waals surface area contributed by atoms with Gasteiger partial charge in [0, 0.05) is 36.0 Å². The fourth-order valence-electron chi connectivity index (χ4n) is 4.69. The molecule has 1 aliphatic carbocycles. The predicted octanol–water partition coefficient (Wildman–Crippen LogP) is 4.76. The van der Waals surface area contributed by atoms with Crippen molar-refractivity contribution in [3.8, 4) is 17.3 Å². The topological polar surface area (TPSA) is 98.1 Å². The third kappa shape index (κ3) is 4.01. The van der Waals surface area contributed by atoms with E-state index in [4.69, 9.17) is 21.3 Å². The first kappa shape index (κ1) is 22.0. The van der Waals surface area contributed by atoms with E-state index in [1.165, 1.54) is 17.2 Å². The van der Waals surface area contributed by atoms with Crippen molar-refractivity contribution in [3.05, 3.63) is 80.7 Å². The Morgan fingerprint density at radius 3 is 2.69 bits per heavy atom. The van der Waals surface area contributed by atoms with Crippen LogP contribution in [0.25, 0.3) is 16.9 Å². The molecule has 0 bridgehead atoms. The first-order valence-corrected chi connectivity index (χ1v) is 12.1. The largest absolute Gasteiger partial charge is 0.373 e. The molecular formula is C26H23ClN6O2. The second kappa shape index (κ2) is 8.59. The number of hydrogen-bond acceptors (Lipinski definition) is 6. The zero-order valence-corrected chi connectivity index (χ0v) is 19.9. The number of fused-ring (bicyclic) bond motifs is 1. The minimum Gasteiger partial charge on any atom is -0.373 e. The summed E-state index contributed by atoms with van der Waals surface area (Å²) in [6.07, 6.45) is 9.58.